The lowest BCUT2D eigenvalue weighted by Gasteiger charge is -2.33. The van der Waals surface area contributed by atoms with Crippen molar-refractivity contribution in [3.63, 3.8) is 0 Å². The summed E-state index contributed by atoms with van der Waals surface area (Å²) in [6.07, 6.45) is 0. The summed E-state index contributed by atoms with van der Waals surface area (Å²) in [5.41, 5.74) is 0.510. The number of methoxy groups -OCH3 is 2. The van der Waals surface area contributed by atoms with Gasteiger partial charge in [-0.05, 0) is 38.1 Å². The van der Waals surface area contributed by atoms with Gasteiger partial charge in [-0.2, -0.15) is 0 Å². The first-order valence-corrected chi connectivity index (χ1v) is 7.04. The standard InChI is InChI=1S/C16H24FNO3/c1-12(11-21-4)18(9-10-20-3)13(2)16(19)14-5-7-15(17)8-6-14/h5-8,12-13H,9-11H2,1-4H3. The molecule has 0 fully saturated rings. The maximum Gasteiger partial charge on any atom is 0.179 e. The van der Waals surface area contributed by atoms with Crippen molar-refractivity contribution in [3.8, 4) is 0 Å². The van der Waals surface area contributed by atoms with Gasteiger partial charge in [0.2, 0.25) is 0 Å². The third kappa shape index (κ3) is 5.19. The second-order valence-electron chi connectivity index (χ2n) is 5.08. The second-order valence-corrected chi connectivity index (χ2v) is 5.08. The fourth-order valence-corrected chi connectivity index (χ4v) is 2.34. The molecule has 2 atom stereocenters. The summed E-state index contributed by atoms with van der Waals surface area (Å²) in [6, 6.07) is 5.41. The van der Waals surface area contributed by atoms with Gasteiger partial charge in [-0.15, -0.1) is 0 Å². The minimum Gasteiger partial charge on any atom is -0.383 e. The van der Waals surface area contributed by atoms with Crippen LogP contribution in [0, 0.1) is 5.82 Å². The van der Waals surface area contributed by atoms with E-state index in [0.29, 0.717) is 25.3 Å². The zero-order valence-electron chi connectivity index (χ0n) is 13.1. The van der Waals surface area contributed by atoms with Gasteiger partial charge in [-0.3, -0.25) is 9.69 Å². The lowest BCUT2D eigenvalue weighted by molar-refractivity contribution is 0.0454. The Morgan fingerprint density at radius 1 is 1.19 bits per heavy atom. The first-order valence-electron chi connectivity index (χ1n) is 7.04. The highest BCUT2D eigenvalue weighted by atomic mass is 19.1. The van der Waals surface area contributed by atoms with Gasteiger partial charge in [0, 0.05) is 32.4 Å². The van der Waals surface area contributed by atoms with E-state index in [9.17, 15) is 9.18 Å². The molecule has 0 aliphatic rings. The molecular formula is C16H24FNO3. The van der Waals surface area contributed by atoms with Crippen LogP contribution in [0.25, 0.3) is 0 Å². The van der Waals surface area contributed by atoms with Gasteiger partial charge in [-0.25, -0.2) is 4.39 Å². The van der Waals surface area contributed by atoms with Crippen molar-refractivity contribution in [1.29, 1.82) is 0 Å². The number of carbonyl (C=O) groups excluding carboxylic acids is 1. The molecule has 5 heteroatoms. The van der Waals surface area contributed by atoms with Gasteiger partial charge in [0.05, 0.1) is 19.3 Å². The molecule has 0 saturated carbocycles. The van der Waals surface area contributed by atoms with Crippen molar-refractivity contribution >= 4 is 5.78 Å². The van der Waals surface area contributed by atoms with Crippen LogP contribution in [-0.4, -0.2) is 56.7 Å². The van der Waals surface area contributed by atoms with E-state index in [-0.39, 0.29) is 23.7 Å². The number of ether oxygens (including phenoxy) is 2. The van der Waals surface area contributed by atoms with Gasteiger partial charge in [0.25, 0.3) is 0 Å². The lowest BCUT2D eigenvalue weighted by Crippen LogP contribution is -2.47. The van der Waals surface area contributed by atoms with Gasteiger partial charge < -0.3 is 9.47 Å². The molecule has 0 aliphatic carbocycles. The summed E-state index contributed by atoms with van der Waals surface area (Å²) in [6.45, 7) is 5.57. The molecule has 118 valence electrons. The third-order valence-corrected chi connectivity index (χ3v) is 3.53. The molecule has 1 aromatic carbocycles. The van der Waals surface area contributed by atoms with Crippen molar-refractivity contribution < 1.29 is 18.7 Å². The Bertz CT molecular complexity index is 436. The fraction of sp³-hybridized carbons (Fsp3) is 0.562. The molecular weight excluding hydrogens is 273 g/mol. The van der Waals surface area contributed by atoms with E-state index < -0.39 is 0 Å². The Balaban J connectivity index is 2.84. The normalized spacial score (nSPS) is 14.2. The summed E-state index contributed by atoms with van der Waals surface area (Å²) >= 11 is 0. The largest absolute Gasteiger partial charge is 0.383 e. The maximum absolute atomic E-state index is 13.0. The molecule has 0 radical (unpaired) electrons. The number of ketones is 1. The Kier molecular flexibility index (Phi) is 7.50. The van der Waals surface area contributed by atoms with Crippen LogP contribution in [0.4, 0.5) is 4.39 Å². The number of halogens is 1. The van der Waals surface area contributed by atoms with Gasteiger partial charge in [0.15, 0.2) is 5.78 Å². The van der Waals surface area contributed by atoms with E-state index in [4.69, 9.17) is 9.47 Å². The van der Waals surface area contributed by atoms with Crippen LogP contribution in [0.5, 0.6) is 0 Å². The van der Waals surface area contributed by atoms with Gasteiger partial charge in [0.1, 0.15) is 5.82 Å². The Morgan fingerprint density at radius 3 is 2.33 bits per heavy atom. The molecule has 4 nitrogen and oxygen atoms in total. The minimum absolute atomic E-state index is 0.0333. The summed E-state index contributed by atoms with van der Waals surface area (Å²) in [5, 5.41) is 0. The van der Waals surface area contributed by atoms with Crippen LogP contribution in [-0.2, 0) is 9.47 Å². The number of hydrogen-bond acceptors (Lipinski definition) is 4. The molecule has 0 heterocycles. The molecule has 1 rings (SSSR count). The summed E-state index contributed by atoms with van der Waals surface area (Å²) in [4.78, 5) is 14.6. The van der Waals surface area contributed by atoms with Crippen LogP contribution in [0.2, 0.25) is 0 Å². The second kappa shape index (κ2) is 8.87. The molecule has 2 unspecified atom stereocenters. The molecule has 0 N–H and O–H groups in total. The number of nitrogens with zero attached hydrogens (tertiary/aromatic N) is 1. The predicted octanol–water partition coefficient (Wildman–Crippen LogP) is 2.38. The maximum atomic E-state index is 13.0. The molecule has 0 bridgehead atoms. The Morgan fingerprint density at radius 2 is 1.81 bits per heavy atom. The van der Waals surface area contributed by atoms with E-state index >= 15 is 0 Å². The molecule has 21 heavy (non-hydrogen) atoms. The van der Waals surface area contributed by atoms with Crippen LogP contribution < -0.4 is 0 Å². The van der Waals surface area contributed by atoms with Crippen molar-refractivity contribution in [1.82, 2.24) is 4.90 Å². The Labute approximate surface area is 125 Å². The van der Waals surface area contributed by atoms with E-state index in [2.05, 4.69) is 0 Å². The SMILES string of the molecule is COCCN(C(C)COC)C(C)C(=O)c1ccc(F)cc1. The quantitative estimate of drug-likeness (QED) is 0.656. The Hall–Kier alpha value is -1.30. The smallest absolute Gasteiger partial charge is 0.179 e. The molecule has 0 spiro atoms. The number of carbonyl (C=O) groups is 1. The predicted molar refractivity (Wildman–Crippen MR) is 80.1 cm³/mol. The third-order valence-electron chi connectivity index (χ3n) is 3.53. The van der Waals surface area contributed by atoms with Gasteiger partial charge in [-0.1, -0.05) is 0 Å². The molecule has 0 aromatic heterocycles. The van der Waals surface area contributed by atoms with Crippen molar-refractivity contribution in [2.45, 2.75) is 25.9 Å². The van der Waals surface area contributed by atoms with E-state index in [1.807, 2.05) is 18.7 Å². The minimum atomic E-state index is -0.344. The number of hydrogen-bond donors (Lipinski definition) is 0. The molecule has 0 aliphatic heterocycles. The highest BCUT2D eigenvalue weighted by Gasteiger charge is 2.26. The van der Waals surface area contributed by atoms with Crippen molar-refractivity contribution in [2.75, 3.05) is 34.0 Å². The van der Waals surface area contributed by atoms with E-state index in [1.165, 1.54) is 24.3 Å². The zero-order chi connectivity index (χ0) is 15.8. The molecule has 0 amide bonds. The first kappa shape index (κ1) is 17.8. The topological polar surface area (TPSA) is 38.8 Å². The van der Waals surface area contributed by atoms with Gasteiger partial charge >= 0.3 is 0 Å². The van der Waals surface area contributed by atoms with Crippen molar-refractivity contribution in [3.05, 3.63) is 35.6 Å². The highest BCUT2D eigenvalue weighted by Crippen LogP contribution is 2.13. The summed E-state index contributed by atoms with van der Waals surface area (Å²) in [5.74, 6) is -0.378. The number of Topliss-reactive ketones (excluding diaryl/α,β-unsaturated/α-hetero) is 1. The van der Waals surface area contributed by atoms with Crippen LogP contribution in [0.3, 0.4) is 0 Å². The monoisotopic (exact) mass is 297 g/mol. The number of benzene rings is 1. The lowest BCUT2D eigenvalue weighted by atomic mass is 10.0. The fourth-order valence-electron chi connectivity index (χ4n) is 2.34. The number of rotatable bonds is 9. The molecule has 0 saturated heterocycles. The average molecular weight is 297 g/mol. The summed E-state index contributed by atoms with van der Waals surface area (Å²) in [7, 11) is 3.27. The summed E-state index contributed by atoms with van der Waals surface area (Å²) < 4.78 is 23.2. The zero-order valence-corrected chi connectivity index (χ0v) is 13.1. The van der Waals surface area contributed by atoms with E-state index in [0.717, 1.165) is 0 Å². The van der Waals surface area contributed by atoms with Crippen molar-refractivity contribution in [2.24, 2.45) is 0 Å². The van der Waals surface area contributed by atoms with Crippen LogP contribution in [0.1, 0.15) is 24.2 Å². The van der Waals surface area contributed by atoms with E-state index in [1.54, 1.807) is 14.2 Å². The highest BCUT2D eigenvalue weighted by molar-refractivity contribution is 5.99. The first-order chi connectivity index (χ1) is 10.0. The van der Waals surface area contributed by atoms with Crippen LogP contribution >= 0.6 is 0 Å². The average Bonchev–Trinajstić information content (AvgIpc) is 2.47. The van der Waals surface area contributed by atoms with Crippen LogP contribution in [0.15, 0.2) is 24.3 Å². The molecule has 1 aromatic rings.